The van der Waals surface area contributed by atoms with E-state index in [2.05, 4.69) is 11.9 Å². The van der Waals surface area contributed by atoms with Gasteiger partial charge in [0.1, 0.15) is 17.5 Å². The molecule has 0 saturated heterocycles. The third kappa shape index (κ3) is 5.18. The Labute approximate surface area is 123 Å². The van der Waals surface area contributed by atoms with E-state index in [1.807, 2.05) is 0 Å². The summed E-state index contributed by atoms with van der Waals surface area (Å²) in [5.74, 6) is -0.439. The summed E-state index contributed by atoms with van der Waals surface area (Å²) in [5, 5.41) is 11.4. The van der Waals surface area contributed by atoms with Crippen molar-refractivity contribution in [3.8, 4) is 11.5 Å². The molecule has 0 heterocycles. The van der Waals surface area contributed by atoms with Crippen molar-refractivity contribution in [1.29, 1.82) is 0 Å². The average molecular weight is 293 g/mol. The summed E-state index contributed by atoms with van der Waals surface area (Å²) in [5.41, 5.74) is 0. The van der Waals surface area contributed by atoms with Gasteiger partial charge < -0.3 is 19.9 Å². The Balaban J connectivity index is 2.60. The number of rotatable bonds is 8. The van der Waals surface area contributed by atoms with Gasteiger partial charge in [-0.15, -0.1) is 6.58 Å². The first-order valence-corrected chi connectivity index (χ1v) is 6.42. The number of carboxylic acids is 1. The van der Waals surface area contributed by atoms with E-state index in [4.69, 9.17) is 14.6 Å². The fraction of sp³-hybridized carbons (Fsp3) is 0.333. The van der Waals surface area contributed by atoms with Crippen LogP contribution < -0.4 is 14.8 Å². The van der Waals surface area contributed by atoms with Gasteiger partial charge >= 0.3 is 5.97 Å². The number of benzene rings is 1. The van der Waals surface area contributed by atoms with Gasteiger partial charge in [0.25, 0.3) is 5.91 Å². The molecule has 21 heavy (non-hydrogen) atoms. The van der Waals surface area contributed by atoms with Crippen LogP contribution in [0.15, 0.2) is 36.9 Å². The third-order valence-corrected chi connectivity index (χ3v) is 2.76. The van der Waals surface area contributed by atoms with Crippen molar-refractivity contribution >= 4 is 11.9 Å². The van der Waals surface area contributed by atoms with Crippen LogP contribution in [0, 0.1) is 0 Å². The normalized spacial score (nSPS) is 12.9. The highest BCUT2D eigenvalue weighted by molar-refractivity contribution is 5.86. The lowest BCUT2D eigenvalue weighted by Crippen LogP contribution is -2.46. The van der Waals surface area contributed by atoms with E-state index in [0.29, 0.717) is 11.5 Å². The van der Waals surface area contributed by atoms with Gasteiger partial charge in [-0.3, -0.25) is 4.79 Å². The second-order valence-electron chi connectivity index (χ2n) is 4.36. The number of carbonyl (C=O) groups is 2. The van der Waals surface area contributed by atoms with E-state index in [0.717, 1.165) is 0 Å². The molecule has 2 unspecified atom stereocenters. The zero-order valence-corrected chi connectivity index (χ0v) is 12.0. The number of ether oxygens (including phenoxy) is 2. The first-order chi connectivity index (χ1) is 9.97. The molecule has 114 valence electrons. The third-order valence-electron chi connectivity index (χ3n) is 2.76. The van der Waals surface area contributed by atoms with Crippen LogP contribution >= 0.6 is 0 Å². The monoisotopic (exact) mass is 293 g/mol. The minimum Gasteiger partial charge on any atom is -0.497 e. The molecule has 0 saturated carbocycles. The summed E-state index contributed by atoms with van der Waals surface area (Å²) in [6, 6.07) is 5.74. The fourth-order valence-corrected chi connectivity index (χ4v) is 1.59. The molecule has 1 rings (SSSR count). The van der Waals surface area contributed by atoms with Gasteiger partial charge in [0.15, 0.2) is 6.10 Å². The molecule has 0 aromatic heterocycles. The molecule has 0 aliphatic heterocycles. The van der Waals surface area contributed by atoms with Crippen LogP contribution in [0.4, 0.5) is 0 Å². The fourth-order valence-electron chi connectivity index (χ4n) is 1.59. The van der Waals surface area contributed by atoms with Gasteiger partial charge in [-0.2, -0.15) is 0 Å². The smallest absolute Gasteiger partial charge is 0.326 e. The van der Waals surface area contributed by atoms with Crippen LogP contribution in [0.25, 0.3) is 0 Å². The molecule has 1 amide bonds. The first kappa shape index (κ1) is 16.6. The molecule has 0 spiro atoms. The van der Waals surface area contributed by atoms with E-state index in [1.165, 1.54) is 6.08 Å². The predicted molar refractivity (Wildman–Crippen MR) is 77.5 cm³/mol. The Morgan fingerprint density at radius 1 is 1.33 bits per heavy atom. The Bertz CT molecular complexity index is 497. The van der Waals surface area contributed by atoms with Gasteiger partial charge in [-0.05, 0) is 37.6 Å². The number of nitrogens with one attached hydrogen (secondary N) is 1. The molecule has 0 fully saturated rings. The minimum absolute atomic E-state index is 0.149. The van der Waals surface area contributed by atoms with Crippen LogP contribution in [-0.2, 0) is 9.59 Å². The molecule has 0 radical (unpaired) electrons. The van der Waals surface area contributed by atoms with Crippen LogP contribution in [0.1, 0.15) is 13.3 Å². The Hall–Kier alpha value is -2.50. The molecule has 0 bridgehead atoms. The Morgan fingerprint density at radius 2 is 1.90 bits per heavy atom. The standard InChI is InChI=1S/C15H19NO5/c1-4-5-13(15(18)19)16-14(17)10(2)21-12-8-6-11(20-3)7-9-12/h4,6-10,13H,1,5H2,2-3H3,(H,16,17)(H,18,19). The molecule has 1 aromatic rings. The highest BCUT2D eigenvalue weighted by Gasteiger charge is 2.22. The summed E-state index contributed by atoms with van der Waals surface area (Å²) in [6.45, 7) is 5.01. The van der Waals surface area contributed by atoms with E-state index in [1.54, 1.807) is 38.3 Å². The average Bonchev–Trinajstić information content (AvgIpc) is 2.47. The van der Waals surface area contributed by atoms with Gasteiger partial charge in [0.2, 0.25) is 0 Å². The number of amides is 1. The van der Waals surface area contributed by atoms with Crippen LogP contribution in [0.2, 0.25) is 0 Å². The maximum atomic E-state index is 11.9. The molecule has 6 heteroatoms. The summed E-state index contributed by atoms with van der Waals surface area (Å²) < 4.78 is 10.5. The largest absolute Gasteiger partial charge is 0.497 e. The SMILES string of the molecule is C=CCC(NC(=O)C(C)Oc1ccc(OC)cc1)C(=O)O. The number of hydrogen-bond acceptors (Lipinski definition) is 4. The molecular weight excluding hydrogens is 274 g/mol. The molecule has 0 aliphatic carbocycles. The molecule has 2 atom stereocenters. The topological polar surface area (TPSA) is 84.9 Å². The summed E-state index contributed by atoms with van der Waals surface area (Å²) in [6.07, 6.45) is 0.773. The van der Waals surface area contributed by atoms with Crippen LogP contribution in [-0.4, -0.2) is 36.2 Å². The lowest BCUT2D eigenvalue weighted by Gasteiger charge is -2.18. The number of hydrogen-bond donors (Lipinski definition) is 2. The van der Waals surface area contributed by atoms with E-state index >= 15 is 0 Å². The second kappa shape index (κ2) is 7.94. The van der Waals surface area contributed by atoms with E-state index in [9.17, 15) is 9.59 Å². The van der Waals surface area contributed by atoms with Gasteiger partial charge in [-0.1, -0.05) is 6.08 Å². The Morgan fingerprint density at radius 3 is 2.38 bits per heavy atom. The molecule has 6 nitrogen and oxygen atoms in total. The maximum Gasteiger partial charge on any atom is 0.326 e. The highest BCUT2D eigenvalue weighted by atomic mass is 16.5. The number of aliphatic carboxylic acids is 1. The highest BCUT2D eigenvalue weighted by Crippen LogP contribution is 2.18. The lowest BCUT2D eigenvalue weighted by molar-refractivity contribution is -0.142. The quantitative estimate of drug-likeness (QED) is 0.711. The van der Waals surface area contributed by atoms with Crippen molar-refractivity contribution in [3.05, 3.63) is 36.9 Å². The number of carbonyl (C=O) groups excluding carboxylic acids is 1. The lowest BCUT2D eigenvalue weighted by atomic mass is 10.2. The van der Waals surface area contributed by atoms with Crippen LogP contribution in [0.3, 0.4) is 0 Å². The maximum absolute atomic E-state index is 11.9. The number of methoxy groups -OCH3 is 1. The predicted octanol–water partition coefficient (Wildman–Crippen LogP) is 1.61. The molecule has 0 aliphatic rings. The van der Waals surface area contributed by atoms with E-state index in [-0.39, 0.29) is 6.42 Å². The zero-order valence-electron chi connectivity index (χ0n) is 12.0. The number of carboxylic acid groups (broad SMARTS) is 1. The summed E-state index contributed by atoms with van der Waals surface area (Å²) >= 11 is 0. The van der Waals surface area contributed by atoms with Gasteiger partial charge in [-0.25, -0.2) is 4.79 Å². The summed E-state index contributed by atoms with van der Waals surface area (Å²) in [7, 11) is 1.55. The molecule has 1 aromatic carbocycles. The zero-order chi connectivity index (χ0) is 15.8. The van der Waals surface area contributed by atoms with Crippen LogP contribution in [0.5, 0.6) is 11.5 Å². The van der Waals surface area contributed by atoms with Crippen molar-refractivity contribution in [2.24, 2.45) is 0 Å². The van der Waals surface area contributed by atoms with Crippen molar-refractivity contribution in [2.75, 3.05) is 7.11 Å². The minimum atomic E-state index is -1.11. The van der Waals surface area contributed by atoms with Crippen molar-refractivity contribution in [1.82, 2.24) is 5.32 Å². The Kier molecular flexibility index (Phi) is 6.26. The van der Waals surface area contributed by atoms with Gasteiger partial charge in [0, 0.05) is 0 Å². The van der Waals surface area contributed by atoms with Crippen molar-refractivity contribution < 1.29 is 24.2 Å². The summed E-state index contributed by atoms with van der Waals surface area (Å²) in [4.78, 5) is 22.9. The first-order valence-electron chi connectivity index (χ1n) is 6.42. The van der Waals surface area contributed by atoms with E-state index < -0.39 is 24.0 Å². The van der Waals surface area contributed by atoms with Crippen molar-refractivity contribution in [3.63, 3.8) is 0 Å². The van der Waals surface area contributed by atoms with Crippen molar-refractivity contribution in [2.45, 2.75) is 25.5 Å². The molecule has 2 N–H and O–H groups in total. The second-order valence-corrected chi connectivity index (χ2v) is 4.36. The molecular formula is C15H19NO5. The van der Waals surface area contributed by atoms with Gasteiger partial charge in [0.05, 0.1) is 7.11 Å².